The van der Waals surface area contributed by atoms with E-state index in [2.05, 4.69) is 20.4 Å². The number of aromatic nitrogens is 6. The van der Waals surface area contributed by atoms with Crippen molar-refractivity contribution in [3.8, 4) is 17.0 Å². The van der Waals surface area contributed by atoms with E-state index in [9.17, 15) is 8.78 Å². The number of ether oxygens (including phenoxy) is 1. The van der Waals surface area contributed by atoms with Crippen LogP contribution in [0.4, 0.5) is 14.7 Å². The van der Waals surface area contributed by atoms with Crippen molar-refractivity contribution in [2.45, 2.75) is 13.0 Å². The summed E-state index contributed by atoms with van der Waals surface area (Å²) in [6, 6.07) is 7.14. The van der Waals surface area contributed by atoms with Gasteiger partial charge in [-0.1, -0.05) is 11.3 Å². The molecule has 0 saturated heterocycles. The minimum atomic E-state index is -2.51. The van der Waals surface area contributed by atoms with Crippen molar-refractivity contribution < 1.29 is 13.5 Å². The Balaban J connectivity index is 1.91. The van der Waals surface area contributed by atoms with Gasteiger partial charge in [0.15, 0.2) is 0 Å². The number of nitrogens with zero attached hydrogens (tertiary/aromatic N) is 6. The lowest BCUT2D eigenvalue weighted by atomic mass is 10.1. The summed E-state index contributed by atoms with van der Waals surface area (Å²) >= 11 is 0. The van der Waals surface area contributed by atoms with Crippen molar-refractivity contribution in [1.29, 1.82) is 0 Å². The van der Waals surface area contributed by atoms with E-state index in [1.165, 1.54) is 11.8 Å². The molecular weight excluding hydrogens is 332 g/mol. The Hall–Kier alpha value is -3.30. The summed E-state index contributed by atoms with van der Waals surface area (Å²) in [5.74, 6) is 0.410. The fourth-order valence-electron chi connectivity index (χ4n) is 2.78. The Kier molecular flexibility index (Phi) is 3.45. The molecule has 0 spiro atoms. The van der Waals surface area contributed by atoms with Crippen molar-refractivity contribution in [2.75, 3.05) is 12.8 Å². The topological polar surface area (TPSA) is 96.2 Å². The second-order valence-electron chi connectivity index (χ2n) is 5.37. The van der Waals surface area contributed by atoms with E-state index in [-0.39, 0.29) is 5.95 Å². The number of anilines is 1. The predicted molar refractivity (Wildman–Crippen MR) is 86.5 cm³/mol. The molecule has 4 aromatic rings. The van der Waals surface area contributed by atoms with Gasteiger partial charge in [-0.15, -0.1) is 10.2 Å². The van der Waals surface area contributed by atoms with Crippen LogP contribution in [0.5, 0.6) is 5.88 Å². The van der Waals surface area contributed by atoms with Crippen LogP contribution in [-0.4, -0.2) is 43.1 Å². The maximum atomic E-state index is 12.7. The summed E-state index contributed by atoms with van der Waals surface area (Å²) in [7, 11) is 1.49. The first kappa shape index (κ1) is 15.2. The standard InChI is InChI=1S/C15H13F2N7O/c1-25-14-13-9(4-5-23(13)21-15(18)19-14)8-2-3-10-11(6-8)24(22-20-10)7-12(16)17/h2-6,12H,7H2,1H3,(H2,18,21). The minimum absolute atomic E-state index is 0.0844. The minimum Gasteiger partial charge on any atom is -0.479 e. The van der Waals surface area contributed by atoms with Gasteiger partial charge < -0.3 is 10.5 Å². The van der Waals surface area contributed by atoms with Crippen LogP contribution in [0.1, 0.15) is 0 Å². The molecule has 0 saturated carbocycles. The van der Waals surface area contributed by atoms with E-state index >= 15 is 0 Å². The first-order valence-corrected chi connectivity index (χ1v) is 7.37. The SMILES string of the molecule is COc1nc(N)nn2ccc(-c3ccc4nnn(CC(F)F)c4c3)c12. The van der Waals surface area contributed by atoms with Crippen LogP contribution in [0.3, 0.4) is 0 Å². The molecule has 10 heteroatoms. The molecule has 25 heavy (non-hydrogen) atoms. The lowest BCUT2D eigenvalue weighted by Crippen LogP contribution is -2.08. The lowest BCUT2D eigenvalue weighted by Gasteiger charge is -2.07. The Morgan fingerprint density at radius 2 is 2.12 bits per heavy atom. The largest absolute Gasteiger partial charge is 0.479 e. The molecule has 0 bridgehead atoms. The van der Waals surface area contributed by atoms with Gasteiger partial charge in [0.2, 0.25) is 11.8 Å². The molecule has 0 aliphatic carbocycles. The number of methoxy groups -OCH3 is 1. The third-order valence-electron chi connectivity index (χ3n) is 3.82. The second kappa shape index (κ2) is 5.65. The average Bonchev–Trinajstić information content (AvgIpc) is 3.17. The second-order valence-corrected chi connectivity index (χ2v) is 5.37. The van der Waals surface area contributed by atoms with E-state index in [1.54, 1.807) is 22.8 Å². The molecule has 1 aromatic carbocycles. The van der Waals surface area contributed by atoms with E-state index in [0.29, 0.717) is 22.4 Å². The van der Waals surface area contributed by atoms with Gasteiger partial charge in [0, 0.05) is 11.8 Å². The summed E-state index contributed by atoms with van der Waals surface area (Å²) in [5.41, 5.74) is 8.91. The first-order chi connectivity index (χ1) is 12.1. The van der Waals surface area contributed by atoms with Crippen molar-refractivity contribution in [3.05, 3.63) is 30.5 Å². The predicted octanol–water partition coefficient (Wildman–Crippen LogP) is 2.00. The van der Waals surface area contributed by atoms with Crippen LogP contribution in [-0.2, 0) is 6.54 Å². The average molecular weight is 345 g/mol. The quantitative estimate of drug-likeness (QED) is 0.608. The van der Waals surface area contributed by atoms with E-state index in [4.69, 9.17) is 10.5 Å². The van der Waals surface area contributed by atoms with Gasteiger partial charge in [-0.25, -0.2) is 18.0 Å². The van der Waals surface area contributed by atoms with Crippen LogP contribution >= 0.6 is 0 Å². The summed E-state index contributed by atoms with van der Waals surface area (Å²) < 4.78 is 33.5. The summed E-state index contributed by atoms with van der Waals surface area (Å²) in [4.78, 5) is 4.08. The molecule has 128 valence electrons. The zero-order valence-corrected chi connectivity index (χ0v) is 13.1. The van der Waals surface area contributed by atoms with Crippen molar-refractivity contribution in [2.24, 2.45) is 0 Å². The van der Waals surface area contributed by atoms with Crippen molar-refractivity contribution in [3.63, 3.8) is 0 Å². The van der Waals surface area contributed by atoms with Crippen LogP contribution in [0.2, 0.25) is 0 Å². The summed E-state index contributed by atoms with van der Waals surface area (Å²) in [6.45, 7) is -0.514. The molecule has 0 fully saturated rings. The highest BCUT2D eigenvalue weighted by Crippen LogP contribution is 2.32. The Bertz CT molecular complexity index is 1070. The molecule has 3 aromatic heterocycles. The Morgan fingerprint density at radius 3 is 2.88 bits per heavy atom. The number of halogens is 2. The molecule has 0 aliphatic rings. The normalized spacial score (nSPS) is 11.7. The maximum absolute atomic E-state index is 12.7. The van der Waals surface area contributed by atoms with Crippen LogP contribution in [0.15, 0.2) is 30.5 Å². The van der Waals surface area contributed by atoms with E-state index in [1.807, 2.05) is 12.1 Å². The maximum Gasteiger partial charge on any atom is 0.258 e. The zero-order valence-electron chi connectivity index (χ0n) is 13.1. The monoisotopic (exact) mass is 345 g/mol. The molecule has 4 rings (SSSR count). The highest BCUT2D eigenvalue weighted by atomic mass is 19.3. The third-order valence-corrected chi connectivity index (χ3v) is 3.82. The van der Waals surface area contributed by atoms with E-state index in [0.717, 1.165) is 11.1 Å². The summed E-state index contributed by atoms with van der Waals surface area (Å²) in [6.07, 6.45) is -0.787. The number of benzene rings is 1. The van der Waals surface area contributed by atoms with E-state index < -0.39 is 13.0 Å². The number of nitrogens with two attached hydrogens (primary N) is 1. The number of alkyl halides is 2. The van der Waals surface area contributed by atoms with Gasteiger partial charge >= 0.3 is 0 Å². The van der Waals surface area contributed by atoms with Gasteiger partial charge in [-0.05, 0) is 23.8 Å². The van der Waals surface area contributed by atoms with Gasteiger partial charge in [-0.2, -0.15) is 4.98 Å². The van der Waals surface area contributed by atoms with Crippen molar-refractivity contribution >= 4 is 22.5 Å². The number of nitrogen functional groups attached to an aromatic ring is 1. The van der Waals surface area contributed by atoms with Gasteiger partial charge in [-0.3, -0.25) is 0 Å². The molecule has 8 nitrogen and oxygen atoms in total. The number of rotatable bonds is 4. The number of hydrogen-bond acceptors (Lipinski definition) is 6. The first-order valence-electron chi connectivity index (χ1n) is 7.37. The molecule has 0 amide bonds. The Labute approximate surface area is 139 Å². The fourth-order valence-corrected chi connectivity index (χ4v) is 2.78. The van der Waals surface area contributed by atoms with Gasteiger partial charge in [0.1, 0.15) is 17.6 Å². The zero-order chi connectivity index (χ0) is 17.6. The molecule has 0 radical (unpaired) electrons. The molecule has 3 heterocycles. The lowest BCUT2D eigenvalue weighted by molar-refractivity contribution is 0.122. The van der Waals surface area contributed by atoms with Crippen LogP contribution in [0.25, 0.3) is 27.7 Å². The third kappa shape index (κ3) is 2.51. The molecule has 2 N–H and O–H groups in total. The van der Waals surface area contributed by atoms with Crippen LogP contribution in [0, 0.1) is 0 Å². The highest BCUT2D eigenvalue weighted by molar-refractivity contribution is 5.89. The molecular formula is C15H13F2N7O. The highest BCUT2D eigenvalue weighted by Gasteiger charge is 2.16. The Morgan fingerprint density at radius 1 is 1.28 bits per heavy atom. The van der Waals surface area contributed by atoms with Gasteiger partial charge in [0.25, 0.3) is 6.43 Å². The fraction of sp³-hybridized carbons (Fsp3) is 0.200. The van der Waals surface area contributed by atoms with Gasteiger partial charge in [0.05, 0.1) is 12.6 Å². The molecule has 0 atom stereocenters. The molecule has 0 unspecified atom stereocenters. The number of hydrogen-bond donors (Lipinski definition) is 1. The van der Waals surface area contributed by atoms with Crippen LogP contribution < -0.4 is 10.5 Å². The van der Waals surface area contributed by atoms with Crippen molar-refractivity contribution in [1.82, 2.24) is 29.6 Å². The smallest absolute Gasteiger partial charge is 0.258 e. The summed E-state index contributed by atoms with van der Waals surface area (Å²) in [5, 5.41) is 11.8. The molecule has 0 aliphatic heterocycles. The number of fused-ring (bicyclic) bond motifs is 2.